The highest BCUT2D eigenvalue weighted by Crippen LogP contribution is 2.45. The molecule has 2 rings (SSSR count). The third kappa shape index (κ3) is 5.40. The maximum absolute atomic E-state index is 11.5. The fraction of sp³-hybridized carbons (Fsp3) is 0.533. The number of halogens is 3. The van der Waals surface area contributed by atoms with Crippen molar-refractivity contribution in [2.45, 2.75) is 43.5 Å². The molecule has 0 aliphatic heterocycles. The number of aliphatic carboxylic acids is 2. The summed E-state index contributed by atoms with van der Waals surface area (Å²) in [5, 5.41) is 16.5. The van der Waals surface area contributed by atoms with Crippen molar-refractivity contribution in [3.05, 3.63) is 30.1 Å². The molecule has 2 N–H and O–H groups in total. The van der Waals surface area contributed by atoms with Crippen LogP contribution in [0.4, 0.5) is 13.2 Å². The molecule has 0 bridgehead atoms. The van der Waals surface area contributed by atoms with Crippen LogP contribution in [0.25, 0.3) is 0 Å². The summed E-state index contributed by atoms with van der Waals surface area (Å²) in [6, 6.07) is 5.74. The van der Waals surface area contributed by atoms with E-state index >= 15 is 0 Å². The number of carboxylic acids is 2. The average molecular weight is 365 g/mol. The van der Waals surface area contributed by atoms with Gasteiger partial charge in [-0.05, 0) is 37.8 Å². The van der Waals surface area contributed by atoms with Crippen LogP contribution < -0.4 is 0 Å². The summed E-state index contributed by atoms with van der Waals surface area (Å²) >= 11 is 4.46. The van der Waals surface area contributed by atoms with Gasteiger partial charge in [0.25, 0.3) is 0 Å². The number of pyridine rings is 1. The van der Waals surface area contributed by atoms with Crippen LogP contribution in [0.1, 0.15) is 31.4 Å². The SMILES string of the molecule is O=C(O)C(F)(F)F.O=C(O)C1(CCc2ccccn2)CCCC1S. The lowest BCUT2D eigenvalue weighted by Gasteiger charge is -2.28. The van der Waals surface area contributed by atoms with E-state index in [0.717, 1.165) is 25.0 Å². The molecular weight excluding hydrogens is 347 g/mol. The number of aromatic nitrogens is 1. The summed E-state index contributed by atoms with van der Waals surface area (Å²) in [7, 11) is 0. The van der Waals surface area contributed by atoms with Gasteiger partial charge in [0.05, 0.1) is 5.41 Å². The highest BCUT2D eigenvalue weighted by molar-refractivity contribution is 7.81. The maximum Gasteiger partial charge on any atom is 0.490 e. The zero-order valence-electron chi connectivity index (χ0n) is 12.7. The molecule has 0 spiro atoms. The molecule has 5 nitrogen and oxygen atoms in total. The lowest BCUT2D eigenvalue weighted by molar-refractivity contribution is -0.192. The zero-order chi connectivity index (χ0) is 18.4. The van der Waals surface area contributed by atoms with E-state index in [0.29, 0.717) is 12.8 Å². The standard InChI is InChI=1S/C13H17NO2S.C2HF3O2/c15-12(16)13(7-3-5-11(13)17)8-6-10-4-1-2-9-14-10;3-2(4,5)1(6)7/h1-2,4,9,11,17H,3,5-8H2,(H,15,16);(H,6,7). The smallest absolute Gasteiger partial charge is 0.481 e. The third-order valence-electron chi connectivity index (χ3n) is 3.96. The van der Waals surface area contributed by atoms with Crippen molar-refractivity contribution in [1.82, 2.24) is 4.98 Å². The molecule has 1 aliphatic carbocycles. The largest absolute Gasteiger partial charge is 0.490 e. The number of hydrogen-bond donors (Lipinski definition) is 3. The molecule has 1 saturated carbocycles. The van der Waals surface area contributed by atoms with Crippen LogP contribution in [-0.2, 0) is 16.0 Å². The van der Waals surface area contributed by atoms with Crippen LogP contribution in [0.15, 0.2) is 24.4 Å². The molecule has 24 heavy (non-hydrogen) atoms. The predicted molar refractivity (Wildman–Crippen MR) is 82.9 cm³/mol. The predicted octanol–water partition coefficient (Wildman–Crippen LogP) is 3.20. The van der Waals surface area contributed by atoms with E-state index in [9.17, 15) is 23.1 Å². The van der Waals surface area contributed by atoms with Gasteiger partial charge in [0, 0.05) is 17.1 Å². The van der Waals surface area contributed by atoms with Crippen molar-refractivity contribution in [2.75, 3.05) is 0 Å². The van der Waals surface area contributed by atoms with Crippen LogP contribution in [-0.4, -0.2) is 38.6 Å². The fourth-order valence-corrected chi connectivity index (χ4v) is 3.15. The van der Waals surface area contributed by atoms with Gasteiger partial charge in [-0.25, -0.2) is 4.79 Å². The first kappa shape index (κ1) is 20.3. The van der Waals surface area contributed by atoms with E-state index in [-0.39, 0.29) is 5.25 Å². The molecule has 0 amide bonds. The van der Waals surface area contributed by atoms with Crippen LogP contribution in [0.5, 0.6) is 0 Å². The molecule has 1 fully saturated rings. The molecule has 1 aromatic heterocycles. The van der Waals surface area contributed by atoms with Crippen LogP contribution in [0.3, 0.4) is 0 Å². The van der Waals surface area contributed by atoms with Gasteiger partial charge in [-0.3, -0.25) is 9.78 Å². The van der Waals surface area contributed by atoms with Gasteiger partial charge in [0.15, 0.2) is 0 Å². The quantitative estimate of drug-likeness (QED) is 0.713. The van der Waals surface area contributed by atoms with Gasteiger partial charge in [-0.2, -0.15) is 25.8 Å². The summed E-state index contributed by atoms with van der Waals surface area (Å²) in [5.74, 6) is -3.46. The first-order valence-electron chi connectivity index (χ1n) is 7.21. The molecule has 1 heterocycles. The second kappa shape index (κ2) is 8.36. The van der Waals surface area contributed by atoms with E-state index in [1.54, 1.807) is 6.20 Å². The van der Waals surface area contributed by atoms with Gasteiger partial charge in [-0.1, -0.05) is 12.5 Å². The van der Waals surface area contributed by atoms with Crippen molar-refractivity contribution >= 4 is 24.6 Å². The van der Waals surface area contributed by atoms with Crippen molar-refractivity contribution in [1.29, 1.82) is 0 Å². The number of carboxylic acid groups (broad SMARTS) is 2. The normalized spacial score (nSPS) is 23.2. The van der Waals surface area contributed by atoms with E-state index in [2.05, 4.69) is 17.6 Å². The number of thiol groups is 1. The molecule has 0 saturated heterocycles. The Balaban J connectivity index is 0.000000351. The van der Waals surface area contributed by atoms with E-state index in [1.165, 1.54) is 0 Å². The Morgan fingerprint density at radius 3 is 2.33 bits per heavy atom. The lowest BCUT2D eigenvalue weighted by Crippen LogP contribution is -2.36. The second-order valence-electron chi connectivity index (χ2n) is 5.49. The number of hydrogen-bond acceptors (Lipinski definition) is 4. The Morgan fingerprint density at radius 1 is 1.33 bits per heavy atom. The molecular formula is C15H18F3NO4S. The molecule has 2 atom stereocenters. The van der Waals surface area contributed by atoms with Gasteiger partial charge < -0.3 is 10.2 Å². The molecule has 134 valence electrons. The summed E-state index contributed by atoms with van der Waals surface area (Å²) in [6.07, 6.45) is 0.608. The van der Waals surface area contributed by atoms with Crippen molar-refractivity contribution in [3.63, 3.8) is 0 Å². The van der Waals surface area contributed by atoms with Gasteiger partial charge in [0.2, 0.25) is 0 Å². The maximum atomic E-state index is 11.5. The van der Waals surface area contributed by atoms with Crippen LogP contribution >= 0.6 is 12.6 Å². The molecule has 1 aromatic rings. The highest BCUT2D eigenvalue weighted by Gasteiger charge is 2.47. The van der Waals surface area contributed by atoms with Crippen molar-refractivity contribution < 1.29 is 33.0 Å². The lowest BCUT2D eigenvalue weighted by atomic mass is 9.80. The van der Waals surface area contributed by atoms with Gasteiger partial charge in [0.1, 0.15) is 0 Å². The van der Waals surface area contributed by atoms with Gasteiger partial charge in [-0.15, -0.1) is 0 Å². The monoisotopic (exact) mass is 365 g/mol. The minimum atomic E-state index is -5.08. The molecule has 1 aliphatic rings. The molecule has 9 heteroatoms. The van der Waals surface area contributed by atoms with Crippen LogP contribution in [0.2, 0.25) is 0 Å². The summed E-state index contributed by atoms with van der Waals surface area (Å²) in [4.78, 5) is 24.6. The minimum Gasteiger partial charge on any atom is -0.481 e. The Kier molecular flexibility index (Phi) is 7.07. The summed E-state index contributed by atoms with van der Waals surface area (Å²) in [6.45, 7) is 0. The Labute approximate surface area is 142 Å². The first-order valence-corrected chi connectivity index (χ1v) is 7.73. The topological polar surface area (TPSA) is 87.5 Å². The minimum absolute atomic E-state index is 0.0243. The number of nitrogens with zero attached hydrogens (tertiary/aromatic N) is 1. The third-order valence-corrected chi connectivity index (χ3v) is 4.71. The van der Waals surface area contributed by atoms with Crippen molar-refractivity contribution in [3.8, 4) is 0 Å². The number of carbonyl (C=O) groups is 2. The molecule has 0 aromatic carbocycles. The fourth-order valence-electron chi connectivity index (χ4n) is 2.60. The number of aryl methyl sites for hydroxylation is 1. The Hall–Kier alpha value is -1.77. The van der Waals surface area contributed by atoms with Crippen LogP contribution in [0, 0.1) is 5.41 Å². The van der Waals surface area contributed by atoms with Gasteiger partial charge >= 0.3 is 18.1 Å². The molecule has 2 unspecified atom stereocenters. The van der Waals surface area contributed by atoms with Crippen molar-refractivity contribution in [2.24, 2.45) is 5.41 Å². The highest BCUT2D eigenvalue weighted by atomic mass is 32.1. The van der Waals surface area contributed by atoms with E-state index in [4.69, 9.17) is 9.90 Å². The number of rotatable bonds is 4. The summed E-state index contributed by atoms with van der Waals surface area (Å²) < 4.78 is 31.7. The van der Waals surface area contributed by atoms with E-state index in [1.807, 2.05) is 18.2 Å². The molecule has 0 radical (unpaired) electrons. The Bertz CT molecular complexity index is 568. The summed E-state index contributed by atoms with van der Waals surface area (Å²) in [5.41, 5.74) is 0.307. The zero-order valence-corrected chi connectivity index (χ0v) is 13.6. The first-order chi connectivity index (χ1) is 11.1. The van der Waals surface area contributed by atoms with E-state index < -0.39 is 23.5 Å². The average Bonchev–Trinajstić information content (AvgIpc) is 2.88. The second-order valence-corrected chi connectivity index (χ2v) is 6.12. The Morgan fingerprint density at radius 2 is 1.96 bits per heavy atom. The number of alkyl halides is 3.